The van der Waals surface area contributed by atoms with Gasteiger partial charge in [-0.3, -0.25) is 0 Å². The molecule has 0 fully saturated rings. The van der Waals surface area contributed by atoms with Gasteiger partial charge in [-0.2, -0.15) is 4.98 Å². The monoisotopic (exact) mass is 172 g/mol. The van der Waals surface area contributed by atoms with E-state index in [0.29, 0.717) is 5.89 Å². The van der Waals surface area contributed by atoms with E-state index in [0.717, 1.165) is 5.75 Å². The number of nitrogens with zero attached hydrogens (tertiary/aromatic N) is 2. The summed E-state index contributed by atoms with van der Waals surface area (Å²) in [6, 6.07) is 0. The van der Waals surface area contributed by atoms with Crippen LogP contribution in [0.4, 0.5) is 0 Å². The Morgan fingerprint density at radius 2 is 2.27 bits per heavy atom. The molecule has 0 unspecified atom stereocenters. The molecule has 3 nitrogen and oxygen atoms in total. The molecule has 1 heterocycles. The predicted molar refractivity (Wildman–Crippen MR) is 45.3 cm³/mol. The van der Waals surface area contributed by atoms with Crippen LogP contribution in [-0.2, 0) is 5.75 Å². The van der Waals surface area contributed by atoms with Crippen molar-refractivity contribution in [1.82, 2.24) is 10.1 Å². The van der Waals surface area contributed by atoms with Crippen LogP contribution >= 0.6 is 11.8 Å². The molecule has 0 spiro atoms. The van der Waals surface area contributed by atoms with Crippen LogP contribution in [0.3, 0.4) is 0 Å². The molecule has 0 atom stereocenters. The van der Waals surface area contributed by atoms with Crippen LogP contribution in [0.2, 0.25) is 0 Å². The zero-order valence-corrected chi connectivity index (χ0v) is 7.81. The number of hydrogen-bond donors (Lipinski definition) is 0. The highest BCUT2D eigenvalue weighted by molar-refractivity contribution is 7.99. The fourth-order valence-electron chi connectivity index (χ4n) is 0.538. The summed E-state index contributed by atoms with van der Waals surface area (Å²) in [7, 11) is 0. The highest BCUT2D eigenvalue weighted by Gasteiger charge is 2.12. The third-order valence-corrected chi connectivity index (χ3v) is 2.29. The molecular weight excluding hydrogens is 160 g/mol. The van der Waals surface area contributed by atoms with Crippen molar-refractivity contribution in [2.75, 3.05) is 0 Å². The van der Waals surface area contributed by atoms with Crippen LogP contribution in [0.5, 0.6) is 0 Å². The van der Waals surface area contributed by atoms with E-state index in [9.17, 15) is 0 Å². The van der Waals surface area contributed by atoms with Gasteiger partial charge >= 0.3 is 0 Å². The molecule has 0 aliphatic rings. The van der Waals surface area contributed by atoms with Crippen molar-refractivity contribution in [2.45, 2.75) is 31.3 Å². The first-order chi connectivity index (χ1) is 5.08. The molecule has 62 valence electrons. The molecule has 0 radical (unpaired) electrons. The SMILES string of the molecule is CC(C)(C)SCc1ncno1. The second kappa shape index (κ2) is 3.26. The molecule has 0 saturated heterocycles. The summed E-state index contributed by atoms with van der Waals surface area (Å²) in [5.41, 5.74) is 0. The lowest BCUT2D eigenvalue weighted by atomic mass is 10.3. The van der Waals surface area contributed by atoms with Gasteiger partial charge in [-0.15, -0.1) is 11.8 Å². The summed E-state index contributed by atoms with van der Waals surface area (Å²) in [6.45, 7) is 6.48. The molecule has 1 aromatic rings. The van der Waals surface area contributed by atoms with Crippen molar-refractivity contribution in [1.29, 1.82) is 0 Å². The van der Waals surface area contributed by atoms with Gasteiger partial charge in [-0.25, -0.2) is 0 Å². The molecule has 0 amide bonds. The molecule has 0 aliphatic carbocycles. The van der Waals surface area contributed by atoms with E-state index < -0.39 is 0 Å². The van der Waals surface area contributed by atoms with Gasteiger partial charge in [0.15, 0.2) is 6.33 Å². The predicted octanol–water partition coefficient (Wildman–Crippen LogP) is 2.10. The quantitative estimate of drug-likeness (QED) is 0.684. The topological polar surface area (TPSA) is 38.9 Å². The smallest absolute Gasteiger partial charge is 0.236 e. The molecule has 11 heavy (non-hydrogen) atoms. The Bertz CT molecular complexity index is 203. The van der Waals surface area contributed by atoms with Crippen LogP contribution in [0.25, 0.3) is 0 Å². The normalized spacial score (nSPS) is 11.9. The van der Waals surface area contributed by atoms with E-state index >= 15 is 0 Å². The maximum Gasteiger partial charge on any atom is 0.236 e. The highest BCUT2D eigenvalue weighted by Crippen LogP contribution is 2.25. The Balaban J connectivity index is 2.35. The summed E-state index contributed by atoms with van der Waals surface area (Å²) in [5, 5.41) is 3.52. The van der Waals surface area contributed by atoms with Crippen molar-refractivity contribution in [2.24, 2.45) is 0 Å². The van der Waals surface area contributed by atoms with Crippen molar-refractivity contribution >= 4 is 11.8 Å². The third-order valence-electron chi connectivity index (χ3n) is 1.04. The molecular formula is C7H12N2OS. The lowest BCUT2D eigenvalue weighted by molar-refractivity contribution is 0.390. The van der Waals surface area contributed by atoms with Gasteiger partial charge in [0.2, 0.25) is 5.89 Å². The average molecular weight is 172 g/mol. The first-order valence-electron chi connectivity index (χ1n) is 3.47. The zero-order chi connectivity index (χ0) is 8.32. The average Bonchev–Trinajstić information content (AvgIpc) is 2.32. The maximum atomic E-state index is 4.85. The van der Waals surface area contributed by atoms with Crippen LogP contribution < -0.4 is 0 Å². The second-order valence-electron chi connectivity index (χ2n) is 3.24. The fourth-order valence-corrected chi connectivity index (χ4v) is 1.22. The molecule has 4 heteroatoms. The molecule has 1 rings (SSSR count). The second-order valence-corrected chi connectivity index (χ2v) is 5.04. The van der Waals surface area contributed by atoms with Gasteiger partial charge in [0.25, 0.3) is 0 Å². The Labute approximate surface area is 70.6 Å². The molecule has 0 aliphatic heterocycles. The van der Waals surface area contributed by atoms with Crippen molar-refractivity contribution in [3.63, 3.8) is 0 Å². The van der Waals surface area contributed by atoms with Gasteiger partial charge in [-0.1, -0.05) is 25.9 Å². The summed E-state index contributed by atoms with van der Waals surface area (Å²) < 4.78 is 5.11. The minimum atomic E-state index is 0.258. The van der Waals surface area contributed by atoms with E-state index in [1.165, 1.54) is 6.33 Å². The number of hydrogen-bond acceptors (Lipinski definition) is 4. The summed E-state index contributed by atoms with van der Waals surface area (Å²) in [4.78, 5) is 3.92. The van der Waals surface area contributed by atoms with E-state index in [2.05, 4.69) is 30.9 Å². The minimum Gasteiger partial charge on any atom is -0.339 e. The maximum absolute atomic E-state index is 4.85. The molecule has 0 bridgehead atoms. The van der Waals surface area contributed by atoms with E-state index in [-0.39, 0.29) is 4.75 Å². The van der Waals surface area contributed by atoms with Gasteiger partial charge in [-0.05, 0) is 0 Å². The summed E-state index contributed by atoms with van der Waals surface area (Å²) in [5.74, 6) is 1.49. The van der Waals surface area contributed by atoms with Gasteiger partial charge in [0.1, 0.15) is 0 Å². The lowest BCUT2D eigenvalue weighted by Crippen LogP contribution is -2.07. The van der Waals surface area contributed by atoms with Crippen LogP contribution in [0.15, 0.2) is 10.9 Å². The van der Waals surface area contributed by atoms with Gasteiger partial charge in [0, 0.05) is 4.75 Å². The first-order valence-corrected chi connectivity index (χ1v) is 4.46. The van der Waals surface area contributed by atoms with Crippen LogP contribution in [0.1, 0.15) is 26.7 Å². The largest absolute Gasteiger partial charge is 0.339 e. The van der Waals surface area contributed by atoms with Crippen molar-refractivity contribution in [3.8, 4) is 0 Å². The number of aromatic nitrogens is 2. The highest BCUT2D eigenvalue weighted by atomic mass is 32.2. The number of thioether (sulfide) groups is 1. The fraction of sp³-hybridized carbons (Fsp3) is 0.714. The van der Waals surface area contributed by atoms with Crippen molar-refractivity contribution in [3.05, 3.63) is 12.2 Å². The zero-order valence-electron chi connectivity index (χ0n) is 7.00. The standard InChI is InChI=1S/C7H12N2OS/c1-7(2,3)11-4-6-8-5-9-10-6/h5H,4H2,1-3H3. The molecule has 0 N–H and O–H groups in total. The summed E-state index contributed by atoms with van der Waals surface area (Å²) in [6.07, 6.45) is 1.43. The molecule has 0 saturated carbocycles. The Morgan fingerprint density at radius 3 is 2.73 bits per heavy atom. The Hall–Kier alpha value is -0.510. The van der Waals surface area contributed by atoms with E-state index in [1.807, 2.05) is 0 Å². The number of rotatable bonds is 2. The van der Waals surface area contributed by atoms with E-state index in [1.54, 1.807) is 11.8 Å². The Morgan fingerprint density at radius 1 is 1.55 bits per heavy atom. The minimum absolute atomic E-state index is 0.258. The van der Waals surface area contributed by atoms with Crippen molar-refractivity contribution < 1.29 is 4.52 Å². The Kier molecular flexibility index (Phi) is 2.54. The lowest BCUT2D eigenvalue weighted by Gasteiger charge is -2.15. The van der Waals surface area contributed by atoms with Crippen LogP contribution in [0, 0.1) is 0 Å². The van der Waals surface area contributed by atoms with Crippen LogP contribution in [-0.4, -0.2) is 14.9 Å². The first kappa shape index (κ1) is 8.59. The van der Waals surface area contributed by atoms with Gasteiger partial charge in [0.05, 0.1) is 5.75 Å². The summed E-state index contributed by atoms with van der Waals surface area (Å²) >= 11 is 1.80. The molecule has 0 aromatic carbocycles. The third kappa shape index (κ3) is 3.41. The molecule has 1 aromatic heterocycles. The van der Waals surface area contributed by atoms with Gasteiger partial charge < -0.3 is 4.52 Å². The van der Waals surface area contributed by atoms with E-state index in [4.69, 9.17) is 4.52 Å².